The third-order valence-corrected chi connectivity index (χ3v) is 4.22. The maximum atomic E-state index is 5.53. The number of hydrogen-bond acceptors (Lipinski definition) is 3. The van der Waals surface area contributed by atoms with Crippen molar-refractivity contribution < 1.29 is 4.74 Å². The Bertz CT molecular complexity index is 288. The molecular formula is C17H36N4O. The summed E-state index contributed by atoms with van der Waals surface area (Å²) in [6.07, 6.45) is 6.21. The van der Waals surface area contributed by atoms with Crippen molar-refractivity contribution in [2.45, 2.75) is 46.0 Å². The Morgan fingerprint density at radius 3 is 2.55 bits per heavy atom. The van der Waals surface area contributed by atoms with Crippen LogP contribution >= 0.6 is 0 Å². The van der Waals surface area contributed by atoms with E-state index in [1.54, 1.807) is 0 Å². The Hall–Kier alpha value is -0.810. The van der Waals surface area contributed by atoms with Crippen LogP contribution in [0.5, 0.6) is 0 Å². The van der Waals surface area contributed by atoms with Crippen LogP contribution in [0.4, 0.5) is 0 Å². The van der Waals surface area contributed by atoms with E-state index in [0.29, 0.717) is 0 Å². The highest BCUT2D eigenvalue weighted by molar-refractivity contribution is 5.79. The highest BCUT2D eigenvalue weighted by Gasteiger charge is 2.14. The molecule has 0 aromatic heterocycles. The molecule has 1 rings (SSSR count). The number of ether oxygens (including phenoxy) is 1. The molecule has 0 aromatic carbocycles. The monoisotopic (exact) mass is 312 g/mol. The number of guanidine groups is 1. The van der Waals surface area contributed by atoms with Gasteiger partial charge in [0.05, 0.1) is 6.61 Å². The van der Waals surface area contributed by atoms with Gasteiger partial charge in [-0.05, 0) is 51.2 Å². The second-order valence-corrected chi connectivity index (χ2v) is 6.27. The maximum Gasteiger partial charge on any atom is 0.191 e. The van der Waals surface area contributed by atoms with Crippen LogP contribution in [0.2, 0.25) is 0 Å². The van der Waals surface area contributed by atoms with E-state index in [1.807, 2.05) is 7.05 Å². The molecule has 1 aliphatic heterocycles. The molecular weight excluding hydrogens is 276 g/mol. The number of rotatable bonds is 10. The summed E-state index contributed by atoms with van der Waals surface area (Å²) in [5.41, 5.74) is 0. The van der Waals surface area contributed by atoms with Crippen LogP contribution in [-0.4, -0.2) is 63.8 Å². The van der Waals surface area contributed by atoms with E-state index in [0.717, 1.165) is 44.6 Å². The minimum absolute atomic E-state index is 0.743. The Balaban J connectivity index is 1.97. The molecule has 0 radical (unpaired) electrons. The van der Waals surface area contributed by atoms with Crippen molar-refractivity contribution >= 4 is 5.96 Å². The largest absolute Gasteiger partial charge is 0.380 e. The fraction of sp³-hybridized carbons (Fsp3) is 0.941. The van der Waals surface area contributed by atoms with Gasteiger partial charge in [-0.25, -0.2) is 0 Å². The Kier molecular flexibility index (Phi) is 11.1. The van der Waals surface area contributed by atoms with E-state index >= 15 is 0 Å². The number of piperidine rings is 1. The van der Waals surface area contributed by atoms with E-state index < -0.39 is 0 Å². The second-order valence-electron chi connectivity index (χ2n) is 6.27. The Morgan fingerprint density at radius 2 is 1.86 bits per heavy atom. The van der Waals surface area contributed by atoms with E-state index in [2.05, 4.69) is 34.4 Å². The van der Waals surface area contributed by atoms with Crippen LogP contribution in [0.15, 0.2) is 4.99 Å². The second kappa shape index (κ2) is 12.7. The zero-order valence-electron chi connectivity index (χ0n) is 14.9. The predicted octanol–water partition coefficient (Wildman–Crippen LogP) is 2.09. The van der Waals surface area contributed by atoms with Crippen LogP contribution in [0.1, 0.15) is 46.0 Å². The lowest BCUT2D eigenvalue weighted by molar-refractivity contribution is 0.136. The molecule has 0 atom stereocenters. The molecule has 22 heavy (non-hydrogen) atoms. The topological polar surface area (TPSA) is 48.9 Å². The van der Waals surface area contributed by atoms with Gasteiger partial charge in [0.15, 0.2) is 5.96 Å². The van der Waals surface area contributed by atoms with Crippen LogP contribution in [0.25, 0.3) is 0 Å². The standard InChI is InChI=1S/C17H36N4O/c1-4-5-14-22-15-10-20-17(18-3)19-9-6-11-21-12-7-16(2)8-13-21/h16H,4-15H2,1-3H3,(H2,18,19,20). The summed E-state index contributed by atoms with van der Waals surface area (Å²) in [6.45, 7) is 11.7. The van der Waals surface area contributed by atoms with Gasteiger partial charge < -0.3 is 20.3 Å². The summed E-state index contributed by atoms with van der Waals surface area (Å²) in [6, 6.07) is 0. The van der Waals surface area contributed by atoms with E-state index in [-0.39, 0.29) is 0 Å². The average Bonchev–Trinajstić information content (AvgIpc) is 2.54. The maximum absolute atomic E-state index is 5.53. The fourth-order valence-corrected chi connectivity index (χ4v) is 2.61. The molecule has 0 aromatic rings. The lowest BCUT2D eigenvalue weighted by atomic mass is 9.99. The molecule has 2 N–H and O–H groups in total. The summed E-state index contributed by atoms with van der Waals surface area (Å²) in [4.78, 5) is 6.82. The Morgan fingerprint density at radius 1 is 1.14 bits per heavy atom. The number of aliphatic imine (C=N–C) groups is 1. The van der Waals surface area contributed by atoms with Crippen molar-refractivity contribution in [3.8, 4) is 0 Å². The summed E-state index contributed by atoms with van der Waals surface area (Å²) >= 11 is 0. The van der Waals surface area contributed by atoms with E-state index in [4.69, 9.17) is 4.74 Å². The average molecular weight is 313 g/mol. The molecule has 0 bridgehead atoms. The SMILES string of the molecule is CCCCOCCNC(=NC)NCCCN1CCC(C)CC1. The third kappa shape index (κ3) is 9.26. The molecule has 130 valence electrons. The zero-order valence-corrected chi connectivity index (χ0v) is 14.9. The summed E-state index contributed by atoms with van der Waals surface area (Å²) in [7, 11) is 1.82. The van der Waals surface area contributed by atoms with Gasteiger partial charge in [0.2, 0.25) is 0 Å². The van der Waals surface area contributed by atoms with Crippen molar-refractivity contribution in [3.05, 3.63) is 0 Å². The number of nitrogens with one attached hydrogen (secondary N) is 2. The molecule has 5 nitrogen and oxygen atoms in total. The molecule has 0 spiro atoms. The van der Waals surface area contributed by atoms with Crippen LogP contribution < -0.4 is 10.6 Å². The van der Waals surface area contributed by atoms with Crippen molar-refractivity contribution in [2.24, 2.45) is 10.9 Å². The lowest BCUT2D eigenvalue weighted by Gasteiger charge is -2.30. The molecule has 0 unspecified atom stereocenters. The molecule has 1 aliphatic rings. The quantitative estimate of drug-likeness (QED) is 0.368. The van der Waals surface area contributed by atoms with Gasteiger partial charge in [0.1, 0.15) is 0 Å². The number of hydrogen-bond donors (Lipinski definition) is 2. The van der Waals surface area contributed by atoms with Gasteiger partial charge in [-0.2, -0.15) is 0 Å². The van der Waals surface area contributed by atoms with Crippen molar-refractivity contribution in [1.82, 2.24) is 15.5 Å². The first-order valence-corrected chi connectivity index (χ1v) is 9.00. The lowest BCUT2D eigenvalue weighted by Crippen LogP contribution is -2.40. The van der Waals surface area contributed by atoms with Gasteiger partial charge in [0.25, 0.3) is 0 Å². The predicted molar refractivity (Wildman–Crippen MR) is 94.5 cm³/mol. The first kappa shape index (κ1) is 19.2. The van der Waals surface area contributed by atoms with Gasteiger partial charge in [-0.15, -0.1) is 0 Å². The van der Waals surface area contributed by atoms with Gasteiger partial charge in [0, 0.05) is 26.7 Å². The highest BCUT2D eigenvalue weighted by Crippen LogP contribution is 2.15. The number of likely N-dealkylation sites (tertiary alicyclic amines) is 1. The van der Waals surface area contributed by atoms with Crippen molar-refractivity contribution in [2.75, 3.05) is 53.0 Å². The van der Waals surface area contributed by atoms with Crippen LogP contribution in [-0.2, 0) is 4.74 Å². The minimum Gasteiger partial charge on any atom is -0.380 e. The highest BCUT2D eigenvalue weighted by atomic mass is 16.5. The zero-order chi connectivity index (χ0) is 16.0. The van der Waals surface area contributed by atoms with Crippen LogP contribution in [0.3, 0.4) is 0 Å². The van der Waals surface area contributed by atoms with E-state index in [9.17, 15) is 0 Å². The van der Waals surface area contributed by atoms with Gasteiger partial charge in [-0.1, -0.05) is 20.3 Å². The molecule has 0 saturated carbocycles. The fourth-order valence-electron chi connectivity index (χ4n) is 2.61. The van der Waals surface area contributed by atoms with Gasteiger partial charge >= 0.3 is 0 Å². The molecule has 1 fully saturated rings. The molecule has 1 heterocycles. The first-order valence-electron chi connectivity index (χ1n) is 9.00. The first-order chi connectivity index (χ1) is 10.8. The number of nitrogens with zero attached hydrogens (tertiary/aromatic N) is 2. The van der Waals surface area contributed by atoms with Crippen molar-refractivity contribution in [3.63, 3.8) is 0 Å². The summed E-state index contributed by atoms with van der Waals surface area (Å²) in [5.74, 6) is 1.79. The normalized spacial score (nSPS) is 17.7. The molecule has 1 saturated heterocycles. The van der Waals surface area contributed by atoms with Gasteiger partial charge in [-0.3, -0.25) is 4.99 Å². The number of unbranched alkanes of at least 4 members (excludes halogenated alkanes) is 1. The molecule has 5 heteroatoms. The van der Waals surface area contributed by atoms with Crippen LogP contribution in [0, 0.1) is 5.92 Å². The smallest absolute Gasteiger partial charge is 0.191 e. The molecule has 0 amide bonds. The minimum atomic E-state index is 0.743. The van der Waals surface area contributed by atoms with E-state index in [1.165, 1.54) is 45.3 Å². The Labute approximate surface area is 136 Å². The third-order valence-electron chi connectivity index (χ3n) is 4.22. The van der Waals surface area contributed by atoms with Crippen molar-refractivity contribution in [1.29, 1.82) is 0 Å². The summed E-state index contributed by atoms with van der Waals surface area (Å²) in [5, 5.41) is 6.67. The molecule has 0 aliphatic carbocycles. The summed E-state index contributed by atoms with van der Waals surface area (Å²) < 4.78 is 5.53.